The van der Waals surface area contributed by atoms with Crippen molar-refractivity contribution in [1.82, 2.24) is 24.5 Å². The van der Waals surface area contributed by atoms with Gasteiger partial charge >= 0.3 is 0 Å². The topological polar surface area (TPSA) is 57.8 Å². The van der Waals surface area contributed by atoms with Gasteiger partial charge in [0.15, 0.2) is 0 Å². The monoisotopic (exact) mass is 295 g/mol. The Bertz CT molecular complexity index is 743. The molecule has 112 valence electrons. The summed E-state index contributed by atoms with van der Waals surface area (Å²) in [5.74, 6) is 1.46. The summed E-state index contributed by atoms with van der Waals surface area (Å²) in [6.45, 7) is 2.26. The van der Waals surface area contributed by atoms with Gasteiger partial charge in [-0.15, -0.1) is 0 Å². The maximum atomic E-state index is 5.46. The second kappa shape index (κ2) is 5.73. The Hall–Kier alpha value is -2.47. The Morgan fingerprint density at radius 1 is 1.23 bits per heavy atom. The van der Waals surface area contributed by atoms with Gasteiger partial charge in [-0.2, -0.15) is 15.0 Å². The molecule has 4 rings (SSSR count). The fraction of sp³-hybridized carbons (Fsp3) is 0.312. The lowest BCUT2D eigenvalue weighted by Crippen LogP contribution is -2.10. The van der Waals surface area contributed by atoms with Crippen LogP contribution in [-0.4, -0.2) is 37.8 Å². The molecule has 1 atom stereocenters. The largest absolute Gasteiger partial charge is 0.381 e. The minimum atomic E-state index is 0.388. The number of nitrogens with zero attached hydrogens (tertiary/aromatic N) is 5. The molecule has 0 N–H and O–H groups in total. The molecule has 0 bridgehead atoms. The Balaban J connectivity index is 1.55. The fourth-order valence-corrected chi connectivity index (χ4v) is 2.78. The van der Waals surface area contributed by atoms with E-state index in [0.717, 1.165) is 36.8 Å². The fourth-order valence-electron chi connectivity index (χ4n) is 2.78. The van der Waals surface area contributed by atoms with Gasteiger partial charge in [-0.25, -0.2) is 4.98 Å². The van der Waals surface area contributed by atoms with Crippen LogP contribution < -0.4 is 0 Å². The maximum absolute atomic E-state index is 5.46. The lowest BCUT2D eigenvalue weighted by molar-refractivity contribution is 0.192. The van der Waals surface area contributed by atoms with E-state index in [1.54, 1.807) is 4.80 Å². The number of hydrogen-bond acceptors (Lipinski definition) is 4. The first-order valence-corrected chi connectivity index (χ1v) is 7.45. The van der Waals surface area contributed by atoms with Crippen LogP contribution in [0.25, 0.3) is 5.69 Å². The van der Waals surface area contributed by atoms with E-state index in [4.69, 9.17) is 4.74 Å². The summed E-state index contributed by atoms with van der Waals surface area (Å²) in [4.78, 5) is 6.14. The SMILES string of the molecule is c1ccc(-n2ncc(Cn3ccnc3C3CCOC3)n2)cc1. The summed E-state index contributed by atoms with van der Waals surface area (Å²) in [6, 6.07) is 9.92. The van der Waals surface area contributed by atoms with Crippen LogP contribution in [0.3, 0.4) is 0 Å². The number of rotatable bonds is 4. The van der Waals surface area contributed by atoms with Crippen molar-refractivity contribution in [3.63, 3.8) is 0 Å². The van der Waals surface area contributed by atoms with Gasteiger partial charge in [0.2, 0.25) is 0 Å². The van der Waals surface area contributed by atoms with Crippen molar-refractivity contribution in [2.45, 2.75) is 18.9 Å². The first-order chi connectivity index (χ1) is 10.9. The highest BCUT2D eigenvalue weighted by Gasteiger charge is 2.22. The summed E-state index contributed by atoms with van der Waals surface area (Å²) in [6.07, 6.45) is 6.68. The van der Waals surface area contributed by atoms with E-state index in [9.17, 15) is 0 Å². The van der Waals surface area contributed by atoms with Crippen molar-refractivity contribution in [1.29, 1.82) is 0 Å². The van der Waals surface area contributed by atoms with Crippen LogP contribution in [0.2, 0.25) is 0 Å². The molecule has 3 aromatic rings. The van der Waals surface area contributed by atoms with Gasteiger partial charge in [0, 0.05) is 24.9 Å². The molecule has 1 unspecified atom stereocenters. The normalized spacial score (nSPS) is 17.9. The van der Waals surface area contributed by atoms with Crippen LogP contribution in [0, 0.1) is 0 Å². The van der Waals surface area contributed by atoms with Gasteiger partial charge in [0.05, 0.1) is 25.0 Å². The second-order valence-corrected chi connectivity index (χ2v) is 5.43. The first kappa shape index (κ1) is 13.2. The van der Waals surface area contributed by atoms with Gasteiger partial charge in [0.25, 0.3) is 0 Å². The molecule has 1 fully saturated rings. The standard InChI is InChI=1S/C16H17N5O/c1-2-4-15(5-3-1)21-18-10-14(19-21)11-20-8-7-17-16(20)13-6-9-22-12-13/h1-5,7-8,10,13H,6,9,11-12H2. The number of para-hydroxylation sites is 1. The highest BCUT2D eigenvalue weighted by Crippen LogP contribution is 2.24. The molecule has 1 aromatic carbocycles. The number of imidazole rings is 1. The molecule has 0 radical (unpaired) electrons. The van der Waals surface area contributed by atoms with Crippen LogP contribution in [-0.2, 0) is 11.3 Å². The number of ether oxygens (including phenoxy) is 1. The van der Waals surface area contributed by atoms with Crippen molar-refractivity contribution in [3.05, 3.63) is 60.4 Å². The second-order valence-electron chi connectivity index (χ2n) is 5.43. The smallest absolute Gasteiger partial charge is 0.114 e. The summed E-state index contributed by atoms with van der Waals surface area (Å²) >= 11 is 0. The molecule has 22 heavy (non-hydrogen) atoms. The van der Waals surface area contributed by atoms with E-state index in [-0.39, 0.29) is 0 Å². The third-order valence-corrected chi connectivity index (χ3v) is 3.90. The molecule has 0 saturated carbocycles. The van der Waals surface area contributed by atoms with Crippen LogP contribution in [0.15, 0.2) is 48.9 Å². The van der Waals surface area contributed by atoms with E-state index >= 15 is 0 Å². The predicted octanol–water partition coefficient (Wildman–Crippen LogP) is 2.02. The van der Waals surface area contributed by atoms with Crippen molar-refractivity contribution >= 4 is 0 Å². The van der Waals surface area contributed by atoms with Crippen molar-refractivity contribution in [2.75, 3.05) is 13.2 Å². The summed E-state index contributed by atoms with van der Waals surface area (Å²) in [7, 11) is 0. The van der Waals surface area contributed by atoms with Gasteiger partial charge < -0.3 is 9.30 Å². The third-order valence-electron chi connectivity index (χ3n) is 3.90. The summed E-state index contributed by atoms with van der Waals surface area (Å²) < 4.78 is 7.60. The van der Waals surface area contributed by atoms with E-state index in [1.165, 1.54) is 0 Å². The molecule has 3 heterocycles. The number of aromatic nitrogens is 5. The van der Waals surface area contributed by atoms with Gasteiger partial charge in [-0.1, -0.05) is 18.2 Å². The Kier molecular flexibility index (Phi) is 3.44. The molecule has 0 amide bonds. The predicted molar refractivity (Wildman–Crippen MR) is 80.9 cm³/mol. The Morgan fingerprint density at radius 2 is 2.14 bits per heavy atom. The Morgan fingerprint density at radius 3 is 2.95 bits per heavy atom. The zero-order chi connectivity index (χ0) is 14.8. The lowest BCUT2D eigenvalue weighted by Gasteiger charge is -2.10. The lowest BCUT2D eigenvalue weighted by atomic mass is 10.1. The molecule has 1 aliphatic heterocycles. The van der Waals surface area contributed by atoms with Crippen molar-refractivity contribution < 1.29 is 4.74 Å². The van der Waals surface area contributed by atoms with E-state index in [2.05, 4.69) is 19.7 Å². The van der Waals surface area contributed by atoms with Crippen LogP contribution in [0.1, 0.15) is 23.9 Å². The van der Waals surface area contributed by atoms with E-state index in [0.29, 0.717) is 12.5 Å². The van der Waals surface area contributed by atoms with E-state index < -0.39 is 0 Å². The molecule has 6 nitrogen and oxygen atoms in total. The summed E-state index contributed by atoms with van der Waals surface area (Å²) in [5, 5.41) is 8.89. The number of benzene rings is 1. The molecule has 6 heteroatoms. The quantitative estimate of drug-likeness (QED) is 0.739. The molecular formula is C16H17N5O. The molecule has 0 aliphatic carbocycles. The Labute approximate surface area is 128 Å². The first-order valence-electron chi connectivity index (χ1n) is 7.45. The number of hydrogen-bond donors (Lipinski definition) is 0. The summed E-state index contributed by atoms with van der Waals surface area (Å²) in [5.41, 5.74) is 1.88. The molecule has 0 spiro atoms. The van der Waals surface area contributed by atoms with Crippen LogP contribution in [0.5, 0.6) is 0 Å². The van der Waals surface area contributed by atoms with Crippen LogP contribution in [0.4, 0.5) is 0 Å². The highest BCUT2D eigenvalue weighted by molar-refractivity contribution is 5.28. The molecule has 2 aromatic heterocycles. The average Bonchev–Trinajstić information content (AvgIpc) is 3.30. The van der Waals surface area contributed by atoms with Gasteiger partial charge in [0.1, 0.15) is 11.5 Å². The maximum Gasteiger partial charge on any atom is 0.114 e. The van der Waals surface area contributed by atoms with Crippen molar-refractivity contribution in [3.8, 4) is 5.69 Å². The molecule has 1 saturated heterocycles. The zero-order valence-corrected chi connectivity index (χ0v) is 12.2. The zero-order valence-electron chi connectivity index (χ0n) is 12.2. The van der Waals surface area contributed by atoms with E-state index in [1.807, 2.05) is 48.9 Å². The van der Waals surface area contributed by atoms with Gasteiger partial charge in [-0.05, 0) is 18.6 Å². The van der Waals surface area contributed by atoms with Crippen LogP contribution >= 0.6 is 0 Å². The minimum absolute atomic E-state index is 0.388. The highest BCUT2D eigenvalue weighted by atomic mass is 16.5. The van der Waals surface area contributed by atoms with Crippen molar-refractivity contribution in [2.24, 2.45) is 0 Å². The average molecular weight is 295 g/mol. The van der Waals surface area contributed by atoms with Gasteiger partial charge in [-0.3, -0.25) is 0 Å². The minimum Gasteiger partial charge on any atom is -0.381 e. The third kappa shape index (κ3) is 2.53. The molecule has 1 aliphatic rings. The molecular weight excluding hydrogens is 278 g/mol.